The van der Waals surface area contributed by atoms with Gasteiger partial charge in [0.1, 0.15) is 6.61 Å². The number of alkyl carbamates (subject to hydrolysis) is 1. The molecule has 0 saturated carbocycles. The Balaban J connectivity index is 1.12. The molecule has 0 radical (unpaired) electrons. The Bertz CT molecular complexity index is 1800. The molecule has 3 aliphatic rings. The van der Waals surface area contributed by atoms with Crippen LogP contribution >= 0.6 is 11.6 Å². The lowest BCUT2D eigenvalue weighted by Gasteiger charge is -2.44. The molecular formula is C40H39ClN2O5. The van der Waals surface area contributed by atoms with Gasteiger partial charge in [-0.25, -0.2) is 4.79 Å². The molecule has 0 aromatic heterocycles. The van der Waals surface area contributed by atoms with E-state index in [1.54, 1.807) is 4.90 Å². The van der Waals surface area contributed by atoms with Gasteiger partial charge >= 0.3 is 12.1 Å². The molecule has 1 heterocycles. The maximum atomic E-state index is 14.3. The molecule has 48 heavy (non-hydrogen) atoms. The Hall–Kier alpha value is -4.62. The van der Waals surface area contributed by atoms with E-state index < -0.39 is 23.5 Å². The van der Waals surface area contributed by atoms with Crippen LogP contribution in [-0.4, -0.2) is 53.2 Å². The third-order valence-electron chi connectivity index (χ3n) is 10.4. The van der Waals surface area contributed by atoms with Gasteiger partial charge in [-0.1, -0.05) is 96.5 Å². The van der Waals surface area contributed by atoms with Crippen molar-refractivity contribution in [3.05, 3.63) is 130 Å². The summed E-state index contributed by atoms with van der Waals surface area (Å²) in [7, 11) is 0. The number of aryl methyl sites for hydroxylation is 1. The monoisotopic (exact) mass is 662 g/mol. The van der Waals surface area contributed by atoms with E-state index in [-0.39, 0.29) is 37.3 Å². The van der Waals surface area contributed by atoms with Crippen molar-refractivity contribution in [2.75, 3.05) is 19.7 Å². The molecule has 8 heteroatoms. The Morgan fingerprint density at radius 3 is 2.23 bits per heavy atom. The van der Waals surface area contributed by atoms with Crippen molar-refractivity contribution in [2.45, 2.75) is 55.9 Å². The number of nitrogens with zero attached hydrogens (tertiary/aromatic N) is 1. The Morgan fingerprint density at radius 1 is 0.896 bits per heavy atom. The average Bonchev–Trinajstić information content (AvgIpc) is 3.66. The van der Waals surface area contributed by atoms with Gasteiger partial charge in [0.2, 0.25) is 5.91 Å². The second-order valence-electron chi connectivity index (χ2n) is 13.4. The Labute approximate surface area is 285 Å². The number of carbonyl (C=O) groups excluding carboxylic acids is 2. The van der Waals surface area contributed by atoms with Crippen LogP contribution in [0.5, 0.6) is 0 Å². The van der Waals surface area contributed by atoms with Gasteiger partial charge in [-0.3, -0.25) is 9.59 Å². The number of ether oxygens (including phenoxy) is 1. The minimum absolute atomic E-state index is 0.0779. The highest BCUT2D eigenvalue weighted by atomic mass is 35.5. The third kappa shape index (κ3) is 6.44. The van der Waals surface area contributed by atoms with Crippen molar-refractivity contribution < 1.29 is 24.2 Å². The van der Waals surface area contributed by atoms with E-state index in [1.807, 2.05) is 66.7 Å². The van der Waals surface area contributed by atoms with E-state index in [0.29, 0.717) is 30.8 Å². The number of carboxylic acids is 1. The number of fused-ring (bicyclic) bond motifs is 4. The summed E-state index contributed by atoms with van der Waals surface area (Å²) in [5, 5.41) is 13.7. The predicted molar refractivity (Wildman–Crippen MR) is 185 cm³/mol. The fourth-order valence-corrected chi connectivity index (χ4v) is 8.41. The van der Waals surface area contributed by atoms with Gasteiger partial charge in [0.25, 0.3) is 0 Å². The number of likely N-dealkylation sites (tertiary alicyclic amines) is 1. The number of halogens is 1. The number of piperidine rings is 1. The molecule has 1 unspecified atom stereocenters. The number of rotatable bonds is 9. The molecule has 1 aliphatic heterocycles. The number of hydrogen-bond acceptors (Lipinski definition) is 4. The van der Waals surface area contributed by atoms with Crippen LogP contribution in [0.25, 0.3) is 11.1 Å². The molecule has 2 amide bonds. The second-order valence-corrected chi connectivity index (χ2v) is 13.9. The standard InChI is InChI=1S/C40H39ClN2O5/c41-28-17-14-26(15-18-28)23-40(42-39(47)48-24-36-32-12-5-3-10-30(32)31-11-4-6-13-33(31)36)20-7-21-43(25-40)38(46)35(22-37(44)45)34-19-16-27-8-1-2-9-29(27)34/h1-6,8-15,17-18,34-36H,7,16,19-25H2,(H,42,47)(H,44,45)/t34-,35?,40-/m1/s1. The highest BCUT2D eigenvalue weighted by Gasteiger charge is 2.44. The van der Waals surface area contributed by atoms with Gasteiger partial charge in [0, 0.05) is 24.0 Å². The smallest absolute Gasteiger partial charge is 0.407 e. The van der Waals surface area contributed by atoms with Gasteiger partial charge in [-0.15, -0.1) is 0 Å². The number of hydrogen-bond donors (Lipinski definition) is 2. The third-order valence-corrected chi connectivity index (χ3v) is 10.7. The fourth-order valence-electron chi connectivity index (χ4n) is 8.29. The number of nitrogens with one attached hydrogen (secondary N) is 1. The molecule has 1 fully saturated rings. The Morgan fingerprint density at radius 2 is 1.54 bits per heavy atom. The molecule has 2 aliphatic carbocycles. The molecule has 4 aromatic carbocycles. The molecule has 2 N–H and O–H groups in total. The summed E-state index contributed by atoms with van der Waals surface area (Å²) in [6.07, 6.45) is 2.56. The lowest BCUT2D eigenvalue weighted by atomic mass is 9.80. The Kier molecular flexibility index (Phi) is 8.97. The van der Waals surface area contributed by atoms with Gasteiger partial charge in [0.05, 0.1) is 17.9 Å². The van der Waals surface area contributed by atoms with E-state index in [0.717, 1.165) is 46.2 Å². The summed E-state index contributed by atoms with van der Waals surface area (Å²) < 4.78 is 5.99. The van der Waals surface area contributed by atoms with Gasteiger partial charge in [-0.05, 0) is 89.1 Å². The first-order valence-corrected chi connectivity index (χ1v) is 17.1. The predicted octanol–water partition coefficient (Wildman–Crippen LogP) is 7.60. The first-order valence-electron chi connectivity index (χ1n) is 16.8. The van der Waals surface area contributed by atoms with E-state index in [2.05, 4.69) is 35.6 Å². The molecule has 4 aromatic rings. The van der Waals surface area contributed by atoms with E-state index in [1.165, 1.54) is 5.56 Å². The highest BCUT2D eigenvalue weighted by molar-refractivity contribution is 6.30. The van der Waals surface area contributed by atoms with Crippen LogP contribution in [0.1, 0.15) is 65.3 Å². The van der Waals surface area contributed by atoms with E-state index >= 15 is 0 Å². The summed E-state index contributed by atoms with van der Waals surface area (Å²) in [5.74, 6) is -2.09. The number of carbonyl (C=O) groups is 3. The van der Waals surface area contributed by atoms with Crippen molar-refractivity contribution in [1.29, 1.82) is 0 Å². The lowest BCUT2D eigenvalue weighted by Crippen LogP contribution is -2.61. The molecular weight excluding hydrogens is 624 g/mol. The normalized spacial score (nSPS) is 20.4. The van der Waals surface area contributed by atoms with Crippen LogP contribution in [0.4, 0.5) is 4.79 Å². The minimum atomic E-state index is -0.987. The van der Waals surface area contributed by atoms with Crippen molar-refractivity contribution >= 4 is 29.6 Å². The zero-order chi connectivity index (χ0) is 33.3. The minimum Gasteiger partial charge on any atom is -0.481 e. The van der Waals surface area contributed by atoms with Crippen LogP contribution < -0.4 is 5.32 Å². The number of carboxylic acid groups (broad SMARTS) is 1. The van der Waals surface area contributed by atoms with Crippen molar-refractivity contribution in [2.24, 2.45) is 5.92 Å². The van der Waals surface area contributed by atoms with Gasteiger partial charge < -0.3 is 20.1 Å². The first kappa shape index (κ1) is 32.0. The van der Waals surface area contributed by atoms with Gasteiger partial charge in [0.15, 0.2) is 0 Å². The molecule has 246 valence electrons. The summed E-state index contributed by atoms with van der Waals surface area (Å²) in [5.41, 5.74) is 6.99. The fraction of sp³-hybridized carbons (Fsp3) is 0.325. The van der Waals surface area contributed by atoms with Crippen LogP contribution in [-0.2, 0) is 27.2 Å². The molecule has 7 rings (SSSR count). The number of aliphatic carboxylic acids is 1. The average molecular weight is 663 g/mol. The maximum absolute atomic E-state index is 14.3. The second kappa shape index (κ2) is 13.5. The highest BCUT2D eigenvalue weighted by Crippen LogP contribution is 2.45. The van der Waals surface area contributed by atoms with Crippen LogP contribution in [0, 0.1) is 5.92 Å². The quantitative estimate of drug-likeness (QED) is 0.192. The number of amides is 2. The topological polar surface area (TPSA) is 95.9 Å². The molecule has 0 spiro atoms. The van der Waals surface area contributed by atoms with Crippen LogP contribution in [0.15, 0.2) is 97.1 Å². The molecule has 3 atom stereocenters. The largest absolute Gasteiger partial charge is 0.481 e. The van der Waals surface area contributed by atoms with Crippen molar-refractivity contribution in [3.8, 4) is 11.1 Å². The molecule has 1 saturated heterocycles. The van der Waals surface area contributed by atoms with Crippen molar-refractivity contribution in [3.63, 3.8) is 0 Å². The summed E-state index contributed by atoms with van der Waals surface area (Å²) >= 11 is 6.20. The molecule has 7 nitrogen and oxygen atoms in total. The molecule has 0 bridgehead atoms. The maximum Gasteiger partial charge on any atom is 0.407 e. The summed E-state index contributed by atoms with van der Waals surface area (Å²) in [4.78, 5) is 41.9. The zero-order valence-corrected chi connectivity index (χ0v) is 27.5. The van der Waals surface area contributed by atoms with Gasteiger partial charge in [-0.2, -0.15) is 0 Å². The lowest BCUT2D eigenvalue weighted by molar-refractivity contribution is -0.146. The number of benzene rings is 4. The first-order chi connectivity index (χ1) is 23.3. The van der Waals surface area contributed by atoms with Crippen LogP contribution in [0.2, 0.25) is 5.02 Å². The van der Waals surface area contributed by atoms with E-state index in [4.69, 9.17) is 16.3 Å². The van der Waals surface area contributed by atoms with Crippen LogP contribution in [0.3, 0.4) is 0 Å². The SMILES string of the molecule is O=C(O)CC(C(=O)N1CCC[C@](Cc2ccc(Cl)cc2)(NC(=O)OCC2c3ccccc3-c3ccccc32)C1)[C@@H]1CCc2ccccc21. The summed E-state index contributed by atoms with van der Waals surface area (Å²) in [6, 6.07) is 32.0. The van der Waals surface area contributed by atoms with Crippen molar-refractivity contribution in [1.82, 2.24) is 10.2 Å². The van der Waals surface area contributed by atoms with E-state index in [9.17, 15) is 19.5 Å². The summed E-state index contributed by atoms with van der Waals surface area (Å²) in [6.45, 7) is 0.933. The zero-order valence-electron chi connectivity index (χ0n) is 26.7.